The maximum atomic E-state index is 7.07. The van der Waals surface area contributed by atoms with Crippen LogP contribution in [0.4, 0.5) is 17.1 Å². The molecule has 1 aliphatic rings. The number of benzene rings is 9. The van der Waals surface area contributed by atoms with E-state index in [1.165, 1.54) is 53.6 Å². The summed E-state index contributed by atoms with van der Waals surface area (Å²) in [6.07, 6.45) is 0. The van der Waals surface area contributed by atoms with Crippen LogP contribution in [-0.2, 0) is 5.41 Å². The van der Waals surface area contributed by atoms with Gasteiger partial charge in [0.05, 0.1) is 10.4 Å². The molecule has 0 fully saturated rings. The van der Waals surface area contributed by atoms with Crippen molar-refractivity contribution in [2.24, 2.45) is 0 Å². The standard InChI is InChI=1S/C57H37NO2S/c1-57(2)46-22-9-6-18-39(46)40-28-26-36(31-47(40)57)53-54-43-20-7-10-24-49(43)59-51(54)33-45-44-32-38(27-29-50(44)60-55(45)53)58(37-17-12-16-35(30-37)34-14-4-3-5-15-34)48-23-13-21-42-41-19-8-11-25-52(41)61-56(42)48/h3-33H,1-2H3. The first kappa shape index (κ1) is 34.5. The summed E-state index contributed by atoms with van der Waals surface area (Å²) < 4.78 is 16.3. The number of anilines is 3. The Morgan fingerprint density at radius 3 is 2.08 bits per heavy atom. The Hall–Kier alpha value is -7.40. The van der Waals surface area contributed by atoms with Crippen LogP contribution in [0, 0.1) is 0 Å². The molecule has 3 aromatic heterocycles. The maximum Gasteiger partial charge on any atom is 0.144 e. The molecule has 0 amide bonds. The molecule has 3 heterocycles. The molecule has 12 aromatic rings. The van der Waals surface area contributed by atoms with Crippen LogP contribution in [0.15, 0.2) is 197 Å². The molecule has 0 atom stereocenters. The van der Waals surface area contributed by atoms with Gasteiger partial charge in [-0.05, 0) is 99.6 Å². The van der Waals surface area contributed by atoms with Gasteiger partial charge in [0.1, 0.15) is 22.3 Å². The van der Waals surface area contributed by atoms with Crippen molar-refractivity contribution in [3.8, 4) is 33.4 Å². The fourth-order valence-electron chi connectivity index (χ4n) is 10.2. The highest BCUT2D eigenvalue weighted by atomic mass is 32.1. The lowest BCUT2D eigenvalue weighted by Gasteiger charge is -2.26. The molecule has 0 saturated heterocycles. The van der Waals surface area contributed by atoms with Gasteiger partial charge in [0.25, 0.3) is 0 Å². The summed E-state index contributed by atoms with van der Waals surface area (Å²) in [5, 5.41) is 6.76. The Morgan fingerprint density at radius 2 is 1.16 bits per heavy atom. The molecule has 288 valence electrons. The van der Waals surface area contributed by atoms with E-state index >= 15 is 0 Å². The first-order valence-electron chi connectivity index (χ1n) is 20.9. The highest BCUT2D eigenvalue weighted by molar-refractivity contribution is 7.26. The predicted octanol–water partition coefficient (Wildman–Crippen LogP) is 17.0. The van der Waals surface area contributed by atoms with Crippen LogP contribution in [0.25, 0.3) is 97.4 Å². The Labute approximate surface area is 356 Å². The second-order valence-corrected chi connectivity index (χ2v) is 17.9. The van der Waals surface area contributed by atoms with Crippen LogP contribution in [-0.4, -0.2) is 0 Å². The molecular weight excluding hydrogens is 763 g/mol. The molecule has 3 nitrogen and oxygen atoms in total. The molecule has 4 heteroatoms. The summed E-state index contributed by atoms with van der Waals surface area (Å²) >= 11 is 1.85. The van der Waals surface area contributed by atoms with Crippen LogP contribution in [0.5, 0.6) is 0 Å². The number of hydrogen-bond donors (Lipinski definition) is 0. The molecule has 0 aliphatic heterocycles. The Bertz CT molecular complexity index is 3750. The molecule has 0 unspecified atom stereocenters. The lowest BCUT2D eigenvalue weighted by molar-refractivity contribution is 0.660. The van der Waals surface area contributed by atoms with Crippen LogP contribution in [0.2, 0.25) is 0 Å². The van der Waals surface area contributed by atoms with E-state index in [-0.39, 0.29) is 5.41 Å². The van der Waals surface area contributed by atoms with E-state index in [0.717, 1.165) is 72.1 Å². The van der Waals surface area contributed by atoms with Crippen molar-refractivity contribution in [2.75, 3.05) is 4.90 Å². The van der Waals surface area contributed by atoms with E-state index in [1.54, 1.807) is 0 Å². The lowest BCUT2D eigenvalue weighted by Crippen LogP contribution is -2.14. The van der Waals surface area contributed by atoms with Gasteiger partial charge in [-0.25, -0.2) is 0 Å². The second-order valence-electron chi connectivity index (χ2n) is 16.8. The van der Waals surface area contributed by atoms with Crippen LogP contribution < -0.4 is 4.90 Å². The van der Waals surface area contributed by atoms with Gasteiger partial charge < -0.3 is 13.7 Å². The number of furan rings is 2. The van der Waals surface area contributed by atoms with Crippen LogP contribution in [0.1, 0.15) is 25.0 Å². The Kier molecular flexibility index (Phi) is 7.23. The number of fused-ring (bicyclic) bond motifs is 12. The van der Waals surface area contributed by atoms with Crippen molar-refractivity contribution in [1.29, 1.82) is 0 Å². The van der Waals surface area contributed by atoms with E-state index in [1.807, 2.05) is 17.4 Å². The van der Waals surface area contributed by atoms with E-state index < -0.39 is 0 Å². The van der Waals surface area contributed by atoms with Gasteiger partial charge in [-0.1, -0.05) is 141 Å². The second kappa shape index (κ2) is 12.8. The summed E-state index contributed by atoms with van der Waals surface area (Å²) in [6.45, 7) is 4.68. The summed E-state index contributed by atoms with van der Waals surface area (Å²) in [5.74, 6) is 0. The van der Waals surface area contributed by atoms with Gasteiger partial charge in [-0.15, -0.1) is 11.3 Å². The first-order valence-corrected chi connectivity index (χ1v) is 21.7. The third kappa shape index (κ3) is 5.03. The van der Waals surface area contributed by atoms with Gasteiger partial charge in [0.15, 0.2) is 0 Å². The summed E-state index contributed by atoms with van der Waals surface area (Å²) in [5.41, 5.74) is 16.4. The third-order valence-corrected chi connectivity index (χ3v) is 14.3. The monoisotopic (exact) mass is 799 g/mol. The van der Waals surface area contributed by atoms with E-state index in [9.17, 15) is 0 Å². The van der Waals surface area contributed by atoms with Crippen LogP contribution >= 0.6 is 11.3 Å². The van der Waals surface area contributed by atoms with Crippen molar-refractivity contribution in [3.63, 3.8) is 0 Å². The summed E-state index contributed by atoms with van der Waals surface area (Å²) in [6, 6.07) is 68.0. The summed E-state index contributed by atoms with van der Waals surface area (Å²) in [4.78, 5) is 2.42. The van der Waals surface area contributed by atoms with Gasteiger partial charge in [-0.2, -0.15) is 0 Å². The topological polar surface area (TPSA) is 29.5 Å². The smallest absolute Gasteiger partial charge is 0.144 e. The molecule has 9 aromatic carbocycles. The molecule has 13 rings (SSSR count). The average Bonchev–Trinajstić information content (AvgIpc) is 4.04. The number of nitrogens with zero attached hydrogens (tertiary/aromatic N) is 1. The summed E-state index contributed by atoms with van der Waals surface area (Å²) in [7, 11) is 0. The van der Waals surface area contributed by atoms with Crippen molar-refractivity contribution in [1.82, 2.24) is 0 Å². The van der Waals surface area contributed by atoms with Gasteiger partial charge in [-0.3, -0.25) is 0 Å². The minimum absolute atomic E-state index is 0.144. The van der Waals surface area contributed by atoms with Crippen molar-refractivity contribution >= 4 is 92.4 Å². The molecule has 0 radical (unpaired) electrons. The van der Waals surface area contributed by atoms with Gasteiger partial charge in [0, 0.05) is 59.4 Å². The average molecular weight is 800 g/mol. The van der Waals surface area contributed by atoms with Gasteiger partial charge in [0.2, 0.25) is 0 Å². The molecule has 0 bridgehead atoms. The first-order chi connectivity index (χ1) is 30.0. The quantitative estimate of drug-likeness (QED) is 0.174. The molecule has 1 aliphatic carbocycles. The SMILES string of the molecule is CC1(C)c2ccccc2-c2ccc(-c3c4oc5ccc(N(c6cccc(-c7ccccc7)c6)c6cccc7c6sc6ccccc67)cc5c4cc4oc5ccccc5c34)cc21. The van der Waals surface area contributed by atoms with Crippen LogP contribution in [0.3, 0.4) is 0 Å². The molecule has 61 heavy (non-hydrogen) atoms. The predicted molar refractivity (Wildman–Crippen MR) is 257 cm³/mol. The fourth-order valence-corrected chi connectivity index (χ4v) is 11.4. The Balaban J connectivity index is 1.07. The van der Waals surface area contributed by atoms with Crippen molar-refractivity contribution in [3.05, 3.63) is 199 Å². The van der Waals surface area contributed by atoms with E-state index in [2.05, 4.69) is 201 Å². The fraction of sp³-hybridized carbons (Fsp3) is 0.0526. The number of para-hydroxylation sites is 1. The normalized spacial score (nSPS) is 13.2. The molecule has 0 saturated carbocycles. The minimum atomic E-state index is -0.144. The Morgan fingerprint density at radius 1 is 0.443 bits per heavy atom. The number of thiophene rings is 1. The molecule has 0 N–H and O–H groups in total. The highest BCUT2D eigenvalue weighted by Gasteiger charge is 2.36. The van der Waals surface area contributed by atoms with E-state index in [0.29, 0.717) is 0 Å². The lowest BCUT2D eigenvalue weighted by atomic mass is 9.81. The highest BCUT2D eigenvalue weighted by Crippen LogP contribution is 2.52. The molecule has 0 spiro atoms. The molecular formula is C57H37NO2S. The van der Waals surface area contributed by atoms with Crippen molar-refractivity contribution in [2.45, 2.75) is 19.3 Å². The third-order valence-electron chi connectivity index (χ3n) is 13.1. The zero-order valence-corrected chi connectivity index (χ0v) is 34.4. The van der Waals surface area contributed by atoms with E-state index in [4.69, 9.17) is 8.83 Å². The number of rotatable bonds is 5. The van der Waals surface area contributed by atoms with Crippen molar-refractivity contribution < 1.29 is 8.83 Å². The zero-order chi connectivity index (χ0) is 40.4. The number of hydrogen-bond acceptors (Lipinski definition) is 4. The largest absolute Gasteiger partial charge is 0.456 e. The van der Waals surface area contributed by atoms with Gasteiger partial charge >= 0.3 is 0 Å². The maximum absolute atomic E-state index is 7.07. The minimum Gasteiger partial charge on any atom is -0.456 e. The zero-order valence-electron chi connectivity index (χ0n) is 33.6.